The summed E-state index contributed by atoms with van der Waals surface area (Å²) in [6.45, 7) is 7.33. The molecule has 2 heterocycles. The average Bonchev–Trinajstić information content (AvgIpc) is 2.12. The lowest BCUT2D eigenvalue weighted by atomic mass is 10.1. The monoisotopic (exact) mass is 179 g/mol. The molecule has 0 aromatic carbocycles. The second-order valence-electron chi connectivity index (χ2n) is 3.17. The summed E-state index contributed by atoms with van der Waals surface area (Å²) in [6, 6.07) is 0. The van der Waals surface area contributed by atoms with Gasteiger partial charge in [-0.05, 0) is 30.6 Å². The molecule has 64 valence electrons. The lowest BCUT2D eigenvalue weighted by molar-refractivity contribution is 0.474. The van der Waals surface area contributed by atoms with Crippen LogP contribution in [0.15, 0.2) is 35.0 Å². The molecule has 0 bridgehead atoms. The van der Waals surface area contributed by atoms with Crippen LogP contribution in [-0.4, -0.2) is 17.2 Å². The molecule has 0 aromatic rings. The van der Waals surface area contributed by atoms with Crippen LogP contribution >= 0.6 is 11.8 Å². The molecule has 2 aliphatic heterocycles. The second-order valence-corrected chi connectivity index (χ2v) is 4.25. The predicted octanol–water partition coefficient (Wildman–Crippen LogP) is 2.74. The number of hydrogen-bond donors (Lipinski definition) is 0. The zero-order valence-electron chi connectivity index (χ0n) is 7.34. The van der Waals surface area contributed by atoms with E-state index in [0.29, 0.717) is 0 Å². The minimum atomic E-state index is 1.16. The first-order valence-electron chi connectivity index (χ1n) is 4.27. The van der Waals surface area contributed by atoms with Gasteiger partial charge in [-0.25, -0.2) is 0 Å². The molecule has 2 rings (SSSR count). The second kappa shape index (κ2) is 3.02. The van der Waals surface area contributed by atoms with Gasteiger partial charge in [0.15, 0.2) is 0 Å². The normalized spacial score (nSPS) is 23.1. The molecule has 1 saturated heterocycles. The summed E-state index contributed by atoms with van der Waals surface area (Å²) >= 11 is 1.95. The van der Waals surface area contributed by atoms with Gasteiger partial charge in [0.1, 0.15) is 0 Å². The van der Waals surface area contributed by atoms with E-state index in [0.717, 1.165) is 5.57 Å². The van der Waals surface area contributed by atoms with Crippen LogP contribution in [0.5, 0.6) is 0 Å². The van der Waals surface area contributed by atoms with Crippen molar-refractivity contribution in [1.82, 2.24) is 4.90 Å². The van der Waals surface area contributed by atoms with Crippen molar-refractivity contribution in [1.29, 1.82) is 0 Å². The molecule has 1 nitrogen and oxygen atoms in total. The lowest BCUT2D eigenvalue weighted by Gasteiger charge is -2.32. The molecule has 0 unspecified atom stereocenters. The smallest absolute Gasteiger partial charge is 0.0783 e. The molecule has 0 spiro atoms. The van der Waals surface area contributed by atoms with E-state index in [1.54, 1.807) is 0 Å². The molecule has 0 amide bonds. The van der Waals surface area contributed by atoms with E-state index in [1.807, 2.05) is 11.8 Å². The van der Waals surface area contributed by atoms with E-state index in [2.05, 4.69) is 30.7 Å². The van der Waals surface area contributed by atoms with Crippen LogP contribution in [0.1, 0.15) is 13.3 Å². The first-order chi connectivity index (χ1) is 5.79. The van der Waals surface area contributed by atoms with Gasteiger partial charge in [0.2, 0.25) is 0 Å². The van der Waals surface area contributed by atoms with E-state index in [9.17, 15) is 0 Å². The maximum atomic E-state index is 4.00. The highest BCUT2D eigenvalue weighted by Crippen LogP contribution is 2.35. The lowest BCUT2D eigenvalue weighted by Crippen LogP contribution is -2.24. The molecule has 2 aliphatic rings. The van der Waals surface area contributed by atoms with Crippen molar-refractivity contribution < 1.29 is 0 Å². The Balaban J connectivity index is 2.33. The molecular weight excluding hydrogens is 166 g/mol. The molecule has 0 radical (unpaired) electrons. The number of hydrogen-bond acceptors (Lipinski definition) is 2. The Hall–Kier alpha value is -0.630. The largest absolute Gasteiger partial charge is 0.343 e. The standard InChI is InChI=1S/C10H13NS/c1-8-4-6-11-5-3-7-12-10(11)9(8)2/h4,6H,1,3,5,7H2,2H3. The van der Waals surface area contributed by atoms with Crippen molar-refractivity contribution in [2.75, 3.05) is 12.3 Å². The average molecular weight is 179 g/mol. The van der Waals surface area contributed by atoms with Gasteiger partial charge in [-0.1, -0.05) is 6.58 Å². The van der Waals surface area contributed by atoms with Crippen LogP contribution in [0.2, 0.25) is 0 Å². The highest BCUT2D eigenvalue weighted by atomic mass is 32.2. The summed E-state index contributed by atoms with van der Waals surface area (Å²) in [5, 5.41) is 1.41. The van der Waals surface area contributed by atoms with Gasteiger partial charge in [-0.2, -0.15) is 0 Å². The minimum Gasteiger partial charge on any atom is -0.343 e. The first-order valence-corrected chi connectivity index (χ1v) is 5.25. The fourth-order valence-corrected chi connectivity index (χ4v) is 2.63. The Labute approximate surface area is 77.8 Å². The van der Waals surface area contributed by atoms with Crippen LogP contribution in [0.4, 0.5) is 0 Å². The fourth-order valence-electron chi connectivity index (χ4n) is 1.50. The summed E-state index contributed by atoms with van der Waals surface area (Å²) in [5.41, 5.74) is 2.51. The quantitative estimate of drug-likeness (QED) is 0.562. The van der Waals surface area contributed by atoms with Gasteiger partial charge in [0.25, 0.3) is 0 Å². The Morgan fingerprint density at radius 2 is 2.42 bits per heavy atom. The molecule has 2 heteroatoms. The van der Waals surface area contributed by atoms with Crippen LogP contribution in [0.25, 0.3) is 0 Å². The van der Waals surface area contributed by atoms with Gasteiger partial charge in [-0.3, -0.25) is 0 Å². The summed E-state index contributed by atoms with van der Waals surface area (Å²) in [5.74, 6) is 1.25. The molecule has 0 aromatic heterocycles. The molecule has 0 saturated carbocycles. The topological polar surface area (TPSA) is 3.24 Å². The van der Waals surface area contributed by atoms with Gasteiger partial charge in [-0.15, -0.1) is 11.8 Å². The van der Waals surface area contributed by atoms with Crippen LogP contribution < -0.4 is 0 Å². The summed E-state index contributed by atoms with van der Waals surface area (Å²) < 4.78 is 0. The maximum Gasteiger partial charge on any atom is 0.0783 e. The molecule has 12 heavy (non-hydrogen) atoms. The highest BCUT2D eigenvalue weighted by molar-refractivity contribution is 8.03. The third-order valence-electron chi connectivity index (χ3n) is 2.30. The third-order valence-corrected chi connectivity index (χ3v) is 3.61. The number of thioether (sulfide) groups is 1. The Morgan fingerprint density at radius 3 is 3.25 bits per heavy atom. The van der Waals surface area contributed by atoms with Crippen molar-refractivity contribution in [3.63, 3.8) is 0 Å². The minimum absolute atomic E-state index is 1.16. The number of nitrogens with zero attached hydrogens (tertiary/aromatic N) is 1. The number of fused-ring (bicyclic) bond motifs is 1. The molecular formula is C10H13NS. The van der Waals surface area contributed by atoms with Crippen LogP contribution in [-0.2, 0) is 0 Å². The van der Waals surface area contributed by atoms with E-state index >= 15 is 0 Å². The van der Waals surface area contributed by atoms with E-state index in [1.165, 1.54) is 29.3 Å². The molecule has 1 fully saturated rings. The highest BCUT2D eigenvalue weighted by Gasteiger charge is 2.19. The Kier molecular flexibility index (Phi) is 2.01. The first kappa shape index (κ1) is 7.99. The zero-order valence-corrected chi connectivity index (χ0v) is 8.16. The van der Waals surface area contributed by atoms with Gasteiger partial charge in [0.05, 0.1) is 5.03 Å². The maximum absolute atomic E-state index is 4.00. The fraction of sp³-hybridized carbons (Fsp3) is 0.400. The zero-order chi connectivity index (χ0) is 8.55. The van der Waals surface area contributed by atoms with Crippen molar-refractivity contribution in [2.45, 2.75) is 13.3 Å². The Bertz CT molecular complexity index is 276. The summed E-state index contributed by atoms with van der Waals surface area (Å²) in [7, 11) is 0. The van der Waals surface area contributed by atoms with Crippen molar-refractivity contribution in [3.05, 3.63) is 35.0 Å². The number of rotatable bonds is 0. The Morgan fingerprint density at radius 1 is 1.58 bits per heavy atom. The SMILES string of the molecule is C=C1C=CN2CCCSC2=C1C. The van der Waals surface area contributed by atoms with Gasteiger partial charge >= 0.3 is 0 Å². The summed E-state index contributed by atoms with van der Waals surface area (Å²) in [4.78, 5) is 2.33. The van der Waals surface area contributed by atoms with Gasteiger partial charge in [0, 0.05) is 18.5 Å². The van der Waals surface area contributed by atoms with E-state index in [4.69, 9.17) is 0 Å². The van der Waals surface area contributed by atoms with Crippen LogP contribution in [0, 0.1) is 0 Å². The third kappa shape index (κ3) is 1.20. The van der Waals surface area contributed by atoms with Crippen molar-refractivity contribution in [3.8, 4) is 0 Å². The molecule has 0 N–H and O–H groups in total. The van der Waals surface area contributed by atoms with Gasteiger partial charge < -0.3 is 4.90 Å². The molecule has 0 aliphatic carbocycles. The van der Waals surface area contributed by atoms with Crippen LogP contribution in [0.3, 0.4) is 0 Å². The molecule has 0 atom stereocenters. The van der Waals surface area contributed by atoms with E-state index < -0.39 is 0 Å². The number of allylic oxidation sites excluding steroid dienone is 3. The van der Waals surface area contributed by atoms with Crippen molar-refractivity contribution >= 4 is 11.8 Å². The van der Waals surface area contributed by atoms with E-state index in [-0.39, 0.29) is 0 Å². The summed E-state index contributed by atoms with van der Waals surface area (Å²) in [6.07, 6.45) is 5.54. The predicted molar refractivity (Wildman–Crippen MR) is 54.8 cm³/mol. The van der Waals surface area contributed by atoms with Crippen molar-refractivity contribution in [2.24, 2.45) is 0 Å².